The fourth-order valence-electron chi connectivity index (χ4n) is 2.54. The number of carbonyl (C=O) groups excluding carboxylic acids is 2. The highest BCUT2D eigenvalue weighted by Gasteiger charge is 2.15. The molecule has 0 aromatic heterocycles. The van der Waals surface area contributed by atoms with Gasteiger partial charge in [-0.25, -0.2) is 0 Å². The summed E-state index contributed by atoms with van der Waals surface area (Å²) in [6.07, 6.45) is 0. The summed E-state index contributed by atoms with van der Waals surface area (Å²) in [5.74, 6) is -0.343. The molecule has 5 nitrogen and oxygen atoms in total. The minimum Gasteiger partial charge on any atom is -0.455 e. The number of hydrogen-bond acceptors (Lipinski definition) is 3. The lowest BCUT2D eigenvalue weighted by molar-refractivity contribution is -0.136. The van der Waals surface area contributed by atoms with Crippen LogP contribution in [0.15, 0.2) is 78.9 Å². The molecule has 27 heavy (non-hydrogen) atoms. The van der Waals surface area contributed by atoms with Crippen molar-refractivity contribution < 1.29 is 14.3 Å². The quantitative estimate of drug-likeness (QED) is 0.675. The summed E-state index contributed by atoms with van der Waals surface area (Å²) in [5.41, 5.74) is 2.46. The highest BCUT2D eigenvalue weighted by atomic mass is 16.5. The topological polar surface area (TPSA) is 67.4 Å². The van der Waals surface area contributed by atoms with Crippen molar-refractivity contribution in [3.63, 3.8) is 0 Å². The number of rotatable bonds is 5. The first-order valence-corrected chi connectivity index (χ1v) is 8.58. The maximum atomic E-state index is 12.2. The van der Waals surface area contributed by atoms with Crippen LogP contribution in [0.2, 0.25) is 0 Å². The summed E-state index contributed by atoms with van der Waals surface area (Å²) in [4.78, 5) is 24.3. The molecule has 3 aromatic rings. The zero-order valence-electron chi connectivity index (χ0n) is 14.9. The van der Waals surface area contributed by atoms with Crippen molar-refractivity contribution in [1.29, 1.82) is 0 Å². The van der Waals surface area contributed by atoms with Crippen molar-refractivity contribution in [3.05, 3.63) is 90.0 Å². The van der Waals surface area contributed by atoms with Gasteiger partial charge in [-0.2, -0.15) is 0 Å². The number of hydrogen-bond donors (Lipinski definition) is 2. The Morgan fingerprint density at radius 3 is 2.37 bits per heavy atom. The monoisotopic (exact) mass is 360 g/mol. The molecule has 0 aliphatic rings. The Kier molecular flexibility index (Phi) is 5.84. The number of nitrogens with one attached hydrogen (secondary N) is 2. The lowest BCUT2D eigenvalue weighted by atomic mass is 10.1. The van der Waals surface area contributed by atoms with E-state index < -0.39 is 11.8 Å². The van der Waals surface area contributed by atoms with Gasteiger partial charge in [-0.3, -0.25) is 9.59 Å². The standard InChI is InChI=1S/C22H20N2O3/c1-16-8-7-9-17(14-16)15-23-21(25)22(26)24-19-12-5-6-13-20(19)27-18-10-3-2-4-11-18/h2-14H,15H2,1H3,(H,23,25)(H,24,26). The first-order valence-electron chi connectivity index (χ1n) is 8.58. The van der Waals surface area contributed by atoms with Gasteiger partial charge in [0.25, 0.3) is 0 Å². The van der Waals surface area contributed by atoms with Gasteiger partial charge in [0.15, 0.2) is 5.75 Å². The van der Waals surface area contributed by atoms with Crippen LogP contribution >= 0.6 is 0 Å². The maximum Gasteiger partial charge on any atom is 0.313 e. The number of anilines is 1. The van der Waals surface area contributed by atoms with Crippen LogP contribution in [0.1, 0.15) is 11.1 Å². The molecule has 0 aliphatic carbocycles. The van der Waals surface area contributed by atoms with Crippen LogP contribution in [0.3, 0.4) is 0 Å². The number of amides is 2. The number of para-hydroxylation sites is 3. The summed E-state index contributed by atoms with van der Waals surface area (Å²) in [6.45, 7) is 2.26. The van der Waals surface area contributed by atoms with E-state index in [9.17, 15) is 9.59 Å². The van der Waals surface area contributed by atoms with E-state index in [2.05, 4.69) is 10.6 Å². The molecule has 0 atom stereocenters. The lowest BCUT2D eigenvalue weighted by Gasteiger charge is -2.12. The fraction of sp³-hybridized carbons (Fsp3) is 0.0909. The zero-order chi connectivity index (χ0) is 19.1. The predicted octanol–water partition coefficient (Wildman–Crippen LogP) is 4.04. The minimum atomic E-state index is -0.744. The predicted molar refractivity (Wildman–Crippen MR) is 105 cm³/mol. The van der Waals surface area contributed by atoms with Gasteiger partial charge in [0.05, 0.1) is 5.69 Å². The van der Waals surface area contributed by atoms with Gasteiger partial charge < -0.3 is 15.4 Å². The summed E-state index contributed by atoms with van der Waals surface area (Å²) < 4.78 is 5.79. The Morgan fingerprint density at radius 1 is 0.852 bits per heavy atom. The number of carbonyl (C=O) groups is 2. The van der Waals surface area contributed by atoms with Gasteiger partial charge in [0, 0.05) is 6.54 Å². The van der Waals surface area contributed by atoms with Crippen LogP contribution in [-0.4, -0.2) is 11.8 Å². The van der Waals surface area contributed by atoms with E-state index in [4.69, 9.17) is 4.74 Å². The largest absolute Gasteiger partial charge is 0.455 e. The van der Waals surface area contributed by atoms with E-state index in [1.54, 1.807) is 24.3 Å². The van der Waals surface area contributed by atoms with E-state index in [1.807, 2.05) is 61.5 Å². The number of aryl methyl sites for hydroxylation is 1. The molecule has 0 heterocycles. The first-order chi connectivity index (χ1) is 13.1. The average Bonchev–Trinajstić information content (AvgIpc) is 2.68. The molecule has 0 radical (unpaired) electrons. The fourth-order valence-corrected chi connectivity index (χ4v) is 2.54. The van der Waals surface area contributed by atoms with Crippen molar-refractivity contribution in [3.8, 4) is 11.5 Å². The Bertz CT molecular complexity index is 939. The zero-order valence-corrected chi connectivity index (χ0v) is 14.9. The molecule has 0 aliphatic heterocycles. The molecule has 0 saturated carbocycles. The van der Waals surface area contributed by atoms with Crippen LogP contribution in [0.4, 0.5) is 5.69 Å². The molecule has 0 unspecified atom stereocenters. The highest BCUT2D eigenvalue weighted by Crippen LogP contribution is 2.28. The van der Waals surface area contributed by atoms with Crippen molar-refractivity contribution >= 4 is 17.5 Å². The number of ether oxygens (including phenoxy) is 1. The van der Waals surface area contributed by atoms with E-state index in [0.717, 1.165) is 11.1 Å². The molecule has 2 amide bonds. The molecule has 3 aromatic carbocycles. The van der Waals surface area contributed by atoms with Gasteiger partial charge in [0.1, 0.15) is 5.75 Å². The second-order valence-electron chi connectivity index (χ2n) is 6.04. The molecule has 136 valence electrons. The molecule has 0 fully saturated rings. The third-order valence-electron chi connectivity index (χ3n) is 3.85. The minimum absolute atomic E-state index is 0.288. The molecule has 2 N–H and O–H groups in total. The van der Waals surface area contributed by atoms with E-state index in [0.29, 0.717) is 17.2 Å². The second kappa shape index (κ2) is 8.67. The van der Waals surface area contributed by atoms with E-state index >= 15 is 0 Å². The summed E-state index contributed by atoms with van der Waals surface area (Å²) >= 11 is 0. The molecular weight excluding hydrogens is 340 g/mol. The van der Waals surface area contributed by atoms with Crippen LogP contribution < -0.4 is 15.4 Å². The number of benzene rings is 3. The first kappa shape index (κ1) is 18.2. The smallest absolute Gasteiger partial charge is 0.313 e. The van der Waals surface area contributed by atoms with Crippen LogP contribution in [-0.2, 0) is 16.1 Å². The summed E-state index contributed by atoms with van der Waals surface area (Å²) in [5, 5.41) is 5.23. The Balaban J connectivity index is 1.62. The summed E-state index contributed by atoms with van der Waals surface area (Å²) in [6, 6.07) is 23.9. The van der Waals surface area contributed by atoms with Gasteiger partial charge in [-0.1, -0.05) is 60.2 Å². The Hall–Kier alpha value is -3.60. The van der Waals surface area contributed by atoms with Gasteiger partial charge in [-0.15, -0.1) is 0 Å². The van der Waals surface area contributed by atoms with Crippen LogP contribution in [0.5, 0.6) is 11.5 Å². The molecule has 5 heteroatoms. The van der Waals surface area contributed by atoms with Crippen LogP contribution in [0, 0.1) is 6.92 Å². The molecule has 3 rings (SSSR count). The van der Waals surface area contributed by atoms with Gasteiger partial charge >= 0.3 is 11.8 Å². The van der Waals surface area contributed by atoms with Crippen molar-refractivity contribution in [2.75, 3.05) is 5.32 Å². The Morgan fingerprint density at radius 2 is 1.59 bits per heavy atom. The van der Waals surface area contributed by atoms with Crippen molar-refractivity contribution in [2.45, 2.75) is 13.5 Å². The normalized spacial score (nSPS) is 10.1. The lowest BCUT2D eigenvalue weighted by Crippen LogP contribution is -2.35. The third-order valence-corrected chi connectivity index (χ3v) is 3.85. The maximum absolute atomic E-state index is 12.2. The van der Waals surface area contributed by atoms with Crippen molar-refractivity contribution in [2.24, 2.45) is 0 Å². The SMILES string of the molecule is Cc1cccc(CNC(=O)C(=O)Nc2ccccc2Oc2ccccc2)c1. The molecule has 0 saturated heterocycles. The molecule has 0 bridgehead atoms. The van der Waals surface area contributed by atoms with Crippen molar-refractivity contribution in [1.82, 2.24) is 5.32 Å². The van der Waals surface area contributed by atoms with Gasteiger partial charge in [0.2, 0.25) is 0 Å². The van der Waals surface area contributed by atoms with Gasteiger partial charge in [-0.05, 0) is 36.8 Å². The third kappa shape index (κ3) is 5.19. The average molecular weight is 360 g/mol. The Labute approximate surface area is 158 Å². The molecule has 0 spiro atoms. The summed E-state index contributed by atoms with van der Waals surface area (Å²) in [7, 11) is 0. The van der Waals surface area contributed by atoms with E-state index in [-0.39, 0.29) is 6.54 Å². The second-order valence-corrected chi connectivity index (χ2v) is 6.04. The highest BCUT2D eigenvalue weighted by molar-refractivity contribution is 6.39. The molecular formula is C22H20N2O3. The van der Waals surface area contributed by atoms with E-state index in [1.165, 1.54) is 0 Å². The van der Waals surface area contributed by atoms with Crippen LogP contribution in [0.25, 0.3) is 0 Å².